The molecular formula is C42H35B5N2. The molecule has 1 aliphatic rings. The fraction of sp³-hybridized carbons (Fsp3) is 0.0714. The monoisotopic (exact) mass is 622 g/mol. The quantitative estimate of drug-likeness (QED) is 0.271. The van der Waals surface area contributed by atoms with Gasteiger partial charge < -0.3 is 4.57 Å². The minimum atomic E-state index is -0.268. The molecule has 6 aromatic carbocycles. The summed E-state index contributed by atoms with van der Waals surface area (Å²) in [5.41, 5.74) is 20.7. The molecule has 0 bridgehead atoms. The van der Waals surface area contributed by atoms with Crippen molar-refractivity contribution in [3.8, 4) is 39.1 Å². The SMILES string of the molecule is Bc1c(B)c(B)c(-c2ccc3c(c2)C(C)(C)c2ccccc2-c2c-3c3ccccc3c3c4ccccc4n(-c4cccnc4)c23)c(B)c1B. The van der Waals surface area contributed by atoms with Gasteiger partial charge in [0.1, 0.15) is 39.2 Å². The lowest BCUT2D eigenvalue weighted by molar-refractivity contribution is 0.646. The topological polar surface area (TPSA) is 17.8 Å². The number of aromatic nitrogens is 2. The third-order valence-corrected chi connectivity index (χ3v) is 11.9. The summed E-state index contributed by atoms with van der Waals surface area (Å²) in [5.74, 6) is 0. The molecule has 0 spiro atoms. The van der Waals surface area contributed by atoms with Crippen molar-refractivity contribution in [2.24, 2.45) is 0 Å². The third-order valence-electron chi connectivity index (χ3n) is 11.9. The average molecular weight is 622 g/mol. The second-order valence-corrected chi connectivity index (χ2v) is 14.5. The van der Waals surface area contributed by atoms with Gasteiger partial charge in [0.15, 0.2) is 0 Å². The molecular weight excluding hydrogens is 587 g/mol. The molecule has 0 radical (unpaired) electrons. The Labute approximate surface area is 292 Å². The summed E-state index contributed by atoms with van der Waals surface area (Å²) >= 11 is 0. The molecule has 0 atom stereocenters. The van der Waals surface area contributed by atoms with E-state index in [1.807, 2.05) is 18.5 Å². The van der Waals surface area contributed by atoms with Crippen LogP contribution in [0.1, 0.15) is 25.0 Å². The van der Waals surface area contributed by atoms with Crippen LogP contribution in [0, 0.1) is 0 Å². The molecule has 49 heavy (non-hydrogen) atoms. The Morgan fingerprint density at radius 2 is 1.18 bits per heavy atom. The molecule has 1 aliphatic carbocycles. The van der Waals surface area contributed by atoms with Crippen molar-refractivity contribution in [1.82, 2.24) is 9.55 Å². The molecule has 2 aromatic heterocycles. The summed E-state index contributed by atoms with van der Waals surface area (Å²) in [7, 11) is 11.4. The van der Waals surface area contributed by atoms with Gasteiger partial charge in [-0.2, -0.15) is 0 Å². The summed E-state index contributed by atoms with van der Waals surface area (Å²) in [6.45, 7) is 4.84. The molecule has 0 saturated carbocycles. The van der Waals surface area contributed by atoms with Crippen LogP contribution in [-0.2, 0) is 5.41 Å². The van der Waals surface area contributed by atoms with Crippen LogP contribution in [0.3, 0.4) is 0 Å². The number of para-hydroxylation sites is 1. The standard InChI is InChI=1S/C42H35B5N2/c1-42(2)29-15-7-5-13-26(29)35-33(27-18-17-22(20-30(27)42)32-36(43)38(45)40(47)39(46)37(32)44)24-11-3-4-12-25(24)34-28-14-6-8-16-31(28)49(41(34)35)23-10-9-19-48-21-23/h3-21H,43-47H2,1-2H3. The van der Waals surface area contributed by atoms with Crippen LogP contribution in [-0.4, -0.2) is 48.8 Å². The molecule has 0 fully saturated rings. The van der Waals surface area contributed by atoms with Gasteiger partial charge >= 0.3 is 0 Å². The van der Waals surface area contributed by atoms with Gasteiger partial charge in [-0.15, -0.1) is 16.4 Å². The van der Waals surface area contributed by atoms with Gasteiger partial charge in [-0.1, -0.05) is 104 Å². The number of hydrogen-bond donors (Lipinski definition) is 0. The summed E-state index contributed by atoms with van der Waals surface area (Å²) in [6.07, 6.45) is 3.86. The second kappa shape index (κ2) is 10.7. The first-order valence-electron chi connectivity index (χ1n) is 17.4. The van der Waals surface area contributed by atoms with Crippen molar-refractivity contribution in [2.45, 2.75) is 19.3 Å². The third kappa shape index (κ3) is 4.05. The van der Waals surface area contributed by atoms with E-state index in [9.17, 15) is 0 Å². The molecule has 228 valence electrons. The van der Waals surface area contributed by atoms with Gasteiger partial charge in [-0.3, -0.25) is 4.98 Å². The van der Waals surface area contributed by atoms with Gasteiger partial charge in [0.2, 0.25) is 0 Å². The Morgan fingerprint density at radius 3 is 1.92 bits per heavy atom. The van der Waals surface area contributed by atoms with Crippen molar-refractivity contribution < 1.29 is 0 Å². The zero-order chi connectivity index (χ0) is 33.8. The van der Waals surface area contributed by atoms with E-state index in [1.165, 1.54) is 104 Å². The Bertz CT molecular complexity index is 2660. The predicted molar refractivity (Wildman–Crippen MR) is 225 cm³/mol. The zero-order valence-corrected chi connectivity index (χ0v) is 29.4. The maximum absolute atomic E-state index is 4.60. The number of benzene rings is 6. The number of rotatable bonds is 2. The highest BCUT2D eigenvalue weighted by molar-refractivity contribution is 6.68. The molecule has 2 nitrogen and oxygen atoms in total. The van der Waals surface area contributed by atoms with Crippen LogP contribution in [0.15, 0.2) is 116 Å². The highest BCUT2D eigenvalue weighted by Crippen LogP contribution is 2.55. The van der Waals surface area contributed by atoms with E-state index in [1.54, 1.807) is 0 Å². The molecule has 0 amide bonds. The summed E-state index contributed by atoms with van der Waals surface area (Å²) < 4.78 is 2.46. The van der Waals surface area contributed by atoms with Crippen LogP contribution in [0.25, 0.3) is 71.6 Å². The lowest BCUT2D eigenvalue weighted by atomic mass is 9.59. The number of pyridine rings is 1. The average Bonchev–Trinajstić information content (AvgIpc) is 3.44. The van der Waals surface area contributed by atoms with Crippen molar-refractivity contribution >= 4 is 99.1 Å². The molecule has 0 unspecified atom stereocenters. The fourth-order valence-corrected chi connectivity index (χ4v) is 8.98. The van der Waals surface area contributed by atoms with Crippen molar-refractivity contribution in [2.75, 3.05) is 0 Å². The van der Waals surface area contributed by atoms with Gasteiger partial charge in [0, 0.05) is 27.9 Å². The van der Waals surface area contributed by atoms with Crippen LogP contribution in [0.2, 0.25) is 0 Å². The van der Waals surface area contributed by atoms with Crippen molar-refractivity contribution in [3.05, 3.63) is 127 Å². The number of fused-ring (bicyclic) bond motifs is 12. The van der Waals surface area contributed by atoms with Crippen molar-refractivity contribution in [3.63, 3.8) is 0 Å². The lowest BCUT2D eigenvalue weighted by Gasteiger charge is -2.29. The molecule has 0 N–H and O–H groups in total. The minimum absolute atomic E-state index is 0.268. The maximum Gasteiger partial charge on any atom is 0.139 e. The normalized spacial score (nSPS) is 13.3. The van der Waals surface area contributed by atoms with Crippen LogP contribution in [0.5, 0.6) is 0 Å². The fourth-order valence-electron chi connectivity index (χ4n) is 8.98. The molecule has 9 rings (SSSR count). The molecule has 2 heterocycles. The van der Waals surface area contributed by atoms with Crippen LogP contribution >= 0.6 is 0 Å². The Hall–Kier alpha value is -5.15. The predicted octanol–water partition coefficient (Wildman–Crippen LogP) is 2.26. The van der Waals surface area contributed by atoms with Crippen LogP contribution < -0.4 is 27.3 Å². The van der Waals surface area contributed by atoms with Gasteiger partial charge in [-0.05, 0) is 74.0 Å². The zero-order valence-electron chi connectivity index (χ0n) is 29.4. The van der Waals surface area contributed by atoms with Crippen LogP contribution in [0.4, 0.5) is 0 Å². The number of nitrogens with zero attached hydrogens (tertiary/aromatic N) is 2. The van der Waals surface area contributed by atoms with Gasteiger partial charge in [0.05, 0.1) is 22.9 Å². The molecule has 8 aromatic rings. The summed E-state index contributed by atoms with van der Waals surface area (Å²) in [5, 5.41) is 5.11. The first-order valence-corrected chi connectivity index (χ1v) is 17.4. The van der Waals surface area contributed by atoms with E-state index in [-0.39, 0.29) is 5.41 Å². The van der Waals surface area contributed by atoms with E-state index >= 15 is 0 Å². The van der Waals surface area contributed by atoms with Gasteiger partial charge in [0.25, 0.3) is 0 Å². The number of hydrogen-bond acceptors (Lipinski definition) is 1. The largest absolute Gasteiger partial charge is 0.307 e. The first kappa shape index (κ1) is 30.0. The van der Waals surface area contributed by atoms with E-state index < -0.39 is 0 Å². The molecule has 7 heteroatoms. The Morgan fingerprint density at radius 1 is 0.551 bits per heavy atom. The van der Waals surface area contributed by atoms with E-state index in [2.05, 4.69) is 160 Å². The van der Waals surface area contributed by atoms with Gasteiger partial charge in [-0.25, -0.2) is 0 Å². The maximum atomic E-state index is 4.60. The van der Waals surface area contributed by atoms with Crippen molar-refractivity contribution in [1.29, 1.82) is 0 Å². The second-order valence-electron chi connectivity index (χ2n) is 14.5. The summed E-state index contributed by atoms with van der Waals surface area (Å²) in [6, 6.07) is 38.6. The Kier molecular flexibility index (Phi) is 6.53. The first-order chi connectivity index (χ1) is 23.7. The minimum Gasteiger partial charge on any atom is -0.307 e. The molecule has 0 aliphatic heterocycles. The highest BCUT2D eigenvalue weighted by Gasteiger charge is 2.36. The van der Waals surface area contributed by atoms with E-state index in [0.717, 1.165) is 5.69 Å². The van der Waals surface area contributed by atoms with E-state index in [0.29, 0.717) is 0 Å². The highest BCUT2D eigenvalue weighted by atomic mass is 15.0. The summed E-state index contributed by atoms with van der Waals surface area (Å²) in [4.78, 5) is 4.60. The van der Waals surface area contributed by atoms with E-state index in [4.69, 9.17) is 0 Å². The Balaban J connectivity index is 1.52. The lowest BCUT2D eigenvalue weighted by Crippen LogP contribution is -2.55. The molecule has 0 saturated heterocycles. The smallest absolute Gasteiger partial charge is 0.139 e.